The minimum Gasteiger partial charge on any atom is -0.490 e. The van der Waals surface area contributed by atoms with Crippen molar-refractivity contribution in [1.82, 2.24) is 0 Å². The first-order valence-corrected chi connectivity index (χ1v) is 10.8. The summed E-state index contributed by atoms with van der Waals surface area (Å²) >= 11 is 12.8. The van der Waals surface area contributed by atoms with Crippen molar-refractivity contribution in [3.63, 3.8) is 0 Å². The second kappa shape index (κ2) is 10.0. The Labute approximate surface area is 191 Å². The van der Waals surface area contributed by atoms with Crippen molar-refractivity contribution in [2.45, 2.75) is 20.1 Å². The van der Waals surface area contributed by atoms with E-state index in [-0.39, 0.29) is 0 Å². The van der Waals surface area contributed by atoms with Gasteiger partial charge < -0.3 is 24.3 Å². The molecule has 0 bridgehead atoms. The lowest BCUT2D eigenvalue weighted by molar-refractivity contribution is 0.171. The zero-order chi connectivity index (χ0) is 21.6. The Balaban J connectivity index is 1.48. The second-order valence-corrected chi connectivity index (χ2v) is 7.73. The molecule has 1 heterocycles. The van der Waals surface area contributed by atoms with Gasteiger partial charge in [-0.3, -0.25) is 0 Å². The molecule has 162 valence electrons. The molecule has 3 aromatic carbocycles. The van der Waals surface area contributed by atoms with E-state index in [0.29, 0.717) is 54.5 Å². The third-order valence-electron chi connectivity index (χ3n) is 4.78. The van der Waals surface area contributed by atoms with E-state index in [9.17, 15) is 0 Å². The van der Waals surface area contributed by atoms with Crippen LogP contribution in [0.2, 0.25) is 10.0 Å². The lowest BCUT2D eigenvalue weighted by atomic mass is 10.1. The van der Waals surface area contributed by atoms with Gasteiger partial charge in [0, 0.05) is 40.0 Å². The largest absolute Gasteiger partial charge is 0.490 e. The van der Waals surface area contributed by atoms with Crippen molar-refractivity contribution in [2.75, 3.05) is 25.1 Å². The van der Waals surface area contributed by atoms with Crippen molar-refractivity contribution in [2.24, 2.45) is 0 Å². The van der Waals surface area contributed by atoms with Gasteiger partial charge in [0.05, 0.1) is 6.61 Å². The Morgan fingerprint density at radius 2 is 1.61 bits per heavy atom. The summed E-state index contributed by atoms with van der Waals surface area (Å²) in [5, 5.41) is 4.62. The van der Waals surface area contributed by atoms with Crippen LogP contribution in [0.5, 0.6) is 23.0 Å². The van der Waals surface area contributed by atoms with Crippen LogP contribution >= 0.6 is 23.2 Å². The van der Waals surface area contributed by atoms with Gasteiger partial charge in [0.2, 0.25) is 0 Å². The lowest BCUT2D eigenvalue weighted by Crippen LogP contribution is -2.15. The molecule has 5 nitrogen and oxygen atoms in total. The van der Waals surface area contributed by atoms with E-state index >= 15 is 0 Å². The zero-order valence-corrected chi connectivity index (χ0v) is 18.6. The number of hydrogen-bond acceptors (Lipinski definition) is 5. The van der Waals surface area contributed by atoms with Crippen LogP contribution in [0, 0.1) is 0 Å². The summed E-state index contributed by atoms with van der Waals surface area (Å²) in [5.41, 5.74) is 2.70. The zero-order valence-electron chi connectivity index (χ0n) is 17.1. The van der Waals surface area contributed by atoms with Gasteiger partial charge in [-0.15, -0.1) is 0 Å². The van der Waals surface area contributed by atoms with Crippen molar-refractivity contribution in [1.29, 1.82) is 0 Å². The molecule has 0 fully saturated rings. The molecule has 0 aliphatic carbocycles. The maximum Gasteiger partial charge on any atom is 0.163 e. The van der Waals surface area contributed by atoms with Crippen LogP contribution in [-0.4, -0.2) is 19.8 Å². The summed E-state index contributed by atoms with van der Waals surface area (Å²) in [6.45, 7) is 4.41. The minimum atomic E-state index is 0.324. The molecule has 0 aromatic heterocycles. The monoisotopic (exact) mass is 459 g/mol. The molecule has 3 aromatic rings. The highest BCUT2D eigenvalue weighted by atomic mass is 35.5. The molecule has 4 rings (SSSR count). The maximum absolute atomic E-state index is 6.55. The van der Waals surface area contributed by atoms with Crippen LogP contribution in [0.4, 0.5) is 5.69 Å². The first kappa shape index (κ1) is 21.5. The van der Waals surface area contributed by atoms with E-state index in [1.165, 1.54) is 0 Å². The van der Waals surface area contributed by atoms with Gasteiger partial charge in [-0.1, -0.05) is 41.4 Å². The Hall–Kier alpha value is -2.76. The van der Waals surface area contributed by atoms with Crippen LogP contribution in [0.3, 0.4) is 0 Å². The number of rotatable bonds is 8. The summed E-state index contributed by atoms with van der Waals surface area (Å²) in [6.07, 6.45) is 0. The second-order valence-electron chi connectivity index (χ2n) is 6.92. The highest BCUT2D eigenvalue weighted by Gasteiger charge is 2.14. The third kappa shape index (κ3) is 5.30. The van der Waals surface area contributed by atoms with E-state index in [4.69, 9.17) is 42.1 Å². The maximum atomic E-state index is 6.55. The van der Waals surface area contributed by atoms with Gasteiger partial charge in [-0.2, -0.15) is 0 Å². The van der Waals surface area contributed by atoms with Gasteiger partial charge >= 0.3 is 0 Å². The van der Waals surface area contributed by atoms with Gasteiger partial charge in [-0.05, 0) is 36.8 Å². The number of anilines is 1. The molecule has 0 unspecified atom stereocenters. The number of halogens is 2. The predicted molar refractivity (Wildman–Crippen MR) is 123 cm³/mol. The van der Waals surface area contributed by atoms with Crippen molar-refractivity contribution >= 4 is 28.9 Å². The fraction of sp³-hybridized carbons (Fsp3) is 0.250. The fourth-order valence-corrected chi connectivity index (χ4v) is 3.63. The number of hydrogen-bond donors (Lipinski definition) is 1. The molecule has 0 saturated carbocycles. The SMILES string of the molecule is CCOc1cc(CNc2ccc3c(c2)OCCO3)c(Cl)cc1OCc1ccccc1Cl. The number of nitrogens with one attached hydrogen (secondary N) is 1. The molecule has 1 N–H and O–H groups in total. The topological polar surface area (TPSA) is 49.0 Å². The summed E-state index contributed by atoms with van der Waals surface area (Å²) in [5.74, 6) is 2.71. The summed E-state index contributed by atoms with van der Waals surface area (Å²) in [6, 6.07) is 17.0. The number of ether oxygens (including phenoxy) is 4. The highest BCUT2D eigenvalue weighted by molar-refractivity contribution is 6.31. The number of benzene rings is 3. The highest BCUT2D eigenvalue weighted by Crippen LogP contribution is 2.36. The first-order valence-electron chi connectivity index (χ1n) is 10.1. The van der Waals surface area contributed by atoms with E-state index in [1.807, 2.05) is 55.5 Å². The van der Waals surface area contributed by atoms with E-state index in [2.05, 4.69) is 5.32 Å². The average Bonchev–Trinajstić information content (AvgIpc) is 2.79. The molecule has 0 atom stereocenters. The normalized spacial score (nSPS) is 12.4. The van der Waals surface area contributed by atoms with Gasteiger partial charge in [0.25, 0.3) is 0 Å². The molecule has 31 heavy (non-hydrogen) atoms. The smallest absolute Gasteiger partial charge is 0.163 e. The van der Waals surface area contributed by atoms with Crippen molar-refractivity contribution in [3.05, 3.63) is 75.8 Å². The summed E-state index contributed by atoms with van der Waals surface area (Å²) in [4.78, 5) is 0. The Morgan fingerprint density at radius 1 is 0.839 bits per heavy atom. The van der Waals surface area contributed by atoms with E-state index in [0.717, 1.165) is 28.3 Å². The Morgan fingerprint density at radius 3 is 2.42 bits per heavy atom. The van der Waals surface area contributed by atoms with Crippen LogP contribution in [-0.2, 0) is 13.2 Å². The van der Waals surface area contributed by atoms with Crippen molar-refractivity contribution in [3.8, 4) is 23.0 Å². The standard InChI is InChI=1S/C24H23Cl2NO4/c1-2-28-22-11-17(14-27-18-7-8-21-23(12-18)30-10-9-29-21)20(26)13-24(22)31-15-16-5-3-4-6-19(16)25/h3-8,11-13,27H,2,9-10,14-15H2,1H3. The molecule has 0 amide bonds. The molecular formula is C24H23Cl2NO4. The van der Waals surface area contributed by atoms with Crippen LogP contribution in [0.15, 0.2) is 54.6 Å². The molecule has 7 heteroatoms. The van der Waals surface area contributed by atoms with Crippen LogP contribution in [0.1, 0.15) is 18.1 Å². The molecule has 1 aliphatic rings. The summed E-state index contributed by atoms with van der Waals surface area (Å²) < 4.78 is 23.0. The fourth-order valence-electron chi connectivity index (χ4n) is 3.22. The molecule has 0 spiro atoms. The van der Waals surface area contributed by atoms with Crippen LogP contribution in [0.25, 0.3) is 0 Å². The lowest BCUT2D eigenvalue weighted by Gasteiger charge is -2.19. The van der Waals surface area contributed by atoms with Crippen LogP contribution < -0.4 is 24.3 Å². The van der Waals surface area contributed by atoms with Gasteiger partial charge in [0.1, 0.15) is 19.8 Å². The van der Waals surface area contributed by atoms with E-state index < -0.39 is 0 Å². The molecular weight excluding hydrogens is 437 g/mol. The first-order chi connectivity index (χ1) is 15.1. The molecule has 1 aliphatic heterocycles. The summed E-state index contributed by atoms with van der Waals surface area (Å²) in [7, 11) is 0. The van der Waals surface area contributed by atoms with Gasteiger partial charge in [-0.25, -0.2) is 0 Å². The average molecular weight is 460 g/mol. The molecule has 0 radical (unpaired) electrons. The Kier molecular flexibility index (Phi) is 6.95. The minimum absolute atomic E-state index is 0.324. The third-order valence-corrected chi connectivity index (χ3v) is 5.50. The Bertz CT molecular complexity index is 1060. The van der Waals surface area contributed by atoms with E-state index in [1.54, 1.807) is 6.07 Å². The number of fused-ring (bicyclic) bond motifs is 1. The predicted octanol–water partition coefficient (Wildman–Crippen LogP) is 6.35. The quantitative estimate of drug-likeness (QED) is 0.424. The van der Waals surface area contributed by atoms with Gasteiger partial charge in [0.15, 0.2) is 23.0 Å². The molecule has 0 saturated heterocycles. The van der Waals surface area contributed by atoms with Crippen molar-refractivity contribution < 1.29 is 18.9 Å².